The van der Waals surface area contributed by atoms with E-state index in [2.05, 4.69) is 15.1 Å². The second kappa shape index (κ2) is 3.91. The molecule has 7 heteroatoms. The number of fused-ring (bicyclic) bond motifs is 1. The van der Waals surface area contributed by atoms with Crippen LogP contribution in [0.15, 0.2) is 24.5 Å². The Hall–Kier alpha value is -2.70. The molecule has 19 heavy (non-hydrogen) atoms. The first-order chi connectivity index (χ1) is 9.04. The average molecular weight is 260 g/mol. The number of hydrogen-bond donors (Lipinski definition) is 2. The molecular formula is C12H9FN4O2. The summed E-state index contributed by atoms with van der Waals surface area (Å²) in [6.07, 6.45) is 3.32. The van der Waals surface area contributed by atoms with E-state index < -0.39 is 11.8 Å². The third kappa shape index (κ3) is 1.85. The first-order valence-corrected chi connectivity index (χ1v) is 5.46. The first-order valence-electron chi connectivity index (χ1n) is 5.46. The molecule has 3 aromatic rings. The molecule has 0 bridgehead atoms. The predicted molar refractivity (Wildman–Crippen MR) is 65.2 cm³/mol. The van der Waals surface area contributed by atoms with Crippen LogP contribution in [0.25, 0.3) is 22.4 Å². The van der Waals surface area contributed by atoms with Crippen LogP contribution in [-0.4, -0.2) is 30.8 Å². The number of imidazole rings is 1. The molecule has 2 aromatic heterocycles. The van der Waals surface area contributed by atoms with Crippen LogP contribution in [-0.2, 0) is 7.05 Å². The van der Waals surface area contributed by atoms with E-state index in [0.29, 0.717) is 16.9 Å². The summed E-state index contributed by atoms with van der Waals surface area (Å²) in [6, 6.07) is 2.17. The maximum atomic E-state index is 13.3. The summed E-state index contributed by atoms with van der Waals surface area (Å²) in [4.78, 5) is 18.2. The van der Waals surface area contributed by atoms with Crippen LogP contribution in [0.1, 0.15) is 10.4 Å². The van der Waals surface area contributed by atoms with Gasteiger partial charge >= 0.3 is 5.97 Å². The summed E-state index contributed by atoms with van der Waals surface area (Å²) >= 11 is 0. The normalized spacial score (nSPS) is 11.1. The Morgan fingerprint density at radius 3 is 2.89 bits per heavy atom. The number of H-pyrrole nitrogens is 1. The smallest absolute Gasteiger partial charge is 0.338 e. The van der Waals surface area contributed by atoms with Crippen molar-refractivity contribution in [3.05, 3.63) is 35.9 Å². The van der Waals surface area contributed by atoms with E-state index in [1.807, 2.05) is 0 Å². The van der Waals surface area contributed by atoms with Gasteiger partial charge in [-0.1, -0.05) is 0 Å². The van der Waals surface area contributed by atoms with E-state index in [0.717, 1.165) is 6.07 Å². The number of carboxylic acids is 1. The van der Waals surface area contributed by atoms with Crippen LogP contribution in [0.4, 0.5) is 4.39 Å². The van der Waals surface area contributed by atoms with E-state index in [-0.39, 0.29) is 11.1 Å². The van der Waals surface area contributed by atoms with Crippen molar-refractivity contribution in [1.29, 1.82) is 0 Å². The molecule has 0 aliphatic carbocycles. The van der Waals surface area contributed by atoms with Gasteiger partial charge in [-0.05, 0) is 12.1 Å². The fraction of sp³-hybridized carbons (Fsp3) is 0.0833. The molecule has 2 N–H and O–H groups in total. The van der Waals surface area contributed by atoms with Crippen molar-refractivity contribution in [3.63, 3.8) is 0 Å². The van der Waals surface area contributed by atoms with Gasteiger partial charge in [-0.15, -0.1) is 0 Å². The number of hydrogen-bond acceptors (Lipinski definition) is 3. The monoisotopic (exact) mass is 260 g/mol. The SMILES string of the molecule is Cn1cc(-c2nc3c(C(=O)O)cc(F)cc3[nH]2)cn1. The molecule has 0 unspecified atom stereocenters. The zero-order valence-electron chi connectivity index (χ0n) is 9.88. The number of aryl methyl sites for hydroxylation is 1. The molecule has 6 nitrogen and oxygen atoms in total. The Morgan fingerprint density at radius 1 is 1.47 bits per heavy atom. The topological polar surface area (TPSA) is 83.8 Å². The van der Waals surface area contributed by atoms with Gasteiger partial charge in [-0.2, -0.15) is 5.10 Å². The summed E-state index contributed by atoms with van der Waals surface area (Å²) in [5.41, 5.74) is 1.11. The Kier molecular flexibility index (Phi) is 2.34. The van der Waals surface area contributed by atoms with Gasteiger partial charge < -0.3 is 10.1 Å². The van der Waals surface area contributed by atoms with Crippen LogP contribution in [0, 0.1) is 5.82 Å². The molecule has 0 amide bonds. The molecule has 2 heterocycles. The number of aromatic nitrogens is 4. The summed E-state index contributed by atoms with van der Waals surface area (Å²) in [5, 5.41) is 13.1. The van der Waals surface area contributed by atoms with Gasteiger partial charge in [0.05, 0.1) is 22.8 Å². The molecule has 0 aliphatic rings. The molecule has 0 fully saturated rings. The van der Waals surface area contributed by atoms with E-state index in [4.69, 9.17) is 5.11 Å². The predicted octanol–water partition coefficient (Wildman–Crippen LogP) is 1.80. The lowest BCUT2D eigenvalue weighted by Gasteiger charge is -1.95. The molecule has 3 rings (SSSR count). The van der Waals surface area contributed by atoms with Crippen molar-refractivity contribution in [2.24, 2.45) is 7.05 Å². The molecule has 0 atom stereocenters. The van der Waals surface area contributed by atoms with Crippen molar-refractivity contribution >= 4 is 17.0 Å². The van der Waals surface area contributed by atoms with Gasteiger partial charge in [0.2, 0.25) is 0 Å². The third-order valence-electron chi connectivity index (χ3n) is 2.76. The molecule has 0 spiro atoms. The van der Waals surface area contributed by atoms with Gasteiger partial charge in [0.15, 0.2) is 0 Å². The highest BCUT2D eigenvalue weighted by Crippen LogP contribution is 2.23. The third-order valence-corrected chi connectivity index (χ3v) is 2.76. The highest BCUT2D eigenvalue weighted by atomic mass is 19.1. The van der Waals surface area contributed by atoms with Crippen molar-refractivity contribution in [2.75, 3.05) is 0 Å². The van der Waals surface area contributed by atoms with E-state index in [9.17, 15) is 9.18 Å². The first kappa shape index (κ1) is 11.4. The number of benzene rings is 1. The van der Waals surface area contributed by atoms with Crippen molar-refractivity contribution in [1.82, 2.24) is 19.7 Å². The second-order valence-electron chi connectivity index (χ2n) is 4.14. The Bertz CT molecular complexity index is 790. The van der Waals surface area contributed by atoms with Crippen LogP contribution in [0.5, 0.6) is 0 Å². The maximum absolute atomic E-state index is 13.3. The molecule has 0 radical (unpaired) electrons. The standard InChI is InChI=1S/C12H9FN4O2/c1-17-5-6(4-14-17)11-15-9-3-7(13)2-8(12(18)19)10(9)16-11/h2-5H,1H3,(H,15,16)(H,18,19). The number of aromatic carboxylic acids is 1. The lowest BCUT2D eigenvalue weighted by molar-refractivity contribution is 0.0698. The van der Waals surface area contributed by atoms with Crippen LogP contribution in [0.2, 0.25) is 0 Å². The maximum Gasteiger partial charge on any atom is 0.338 e. The number of nitrogens with zero attached hydrogens (tertiary/aromatic N) is 3. The quantitative estimate of drug-likeness (QED) is 0.735. The lowest BCUT2D eigenvalue weighted by Crippen LogP contribution is -1.98. The average Bonchev–Trinajstić information content (AvgIpc) is 2.93. The fourth-order valence-corrected chi connectivity index (χ4v) is 1.93. The van der Waals surface area contributed by atoms with E-state index in [1.54, 1.807) is 24.1 Å². The summed E-state index contributed by atoms with van der Waals surface area (Å²) < 4.78 is 14.9. The van der Waals surface area contributed by atoms with Gasteiger partial charge in [-0.3, -0.25) is 4.68 Å². The van der Waals surface area contributed by atoms with Gasteiger partial charge in [-0.25, -0.2) is 14.2 Å². The van der Waals surface area contributed by atoms with Crippen LogP contribution in [0.3, 0.4) is 0 Å². The Morgan fingerprint density at radius 2 is 2.26 bits per heavy atom. The molecule has 0 aliphatic heterocycles. The van der Waals surface area contributed by atoms with Gasteiger partial charge in [0, 0.05) is 13.2 Å². The molecule has 96 valence electrons. The molecule has 0 saturated carbocycles. The summed E-state index contributed by atoms with van der Waals surface area (Å²) in [6.45, 7) is 0. The number of carbonyl (C=O) groups is 1. The summed E-state index contributed by atoms with van der Waals surface area (Å²) in [7, 11) is 1.76. The minimum Gasteiger partial charge on any atom is -0.478 e. The minimum atomic E-state index is -1.21. The molecule has 0 saturated heterocycles. The number of aromatic amines is 1. The van der Waals surface area contributed by atoms with Crippen LogP contribution >= 0.6 is 0 Å². The van der Waals surface area contributed by atoms with E-state index >= 15 is 0 Å². The fourth-order valence-electron chi connectivity index (χ4n) is 1.93. The van der Waals surface area contributed by atoms with Crippen molar-refractivity contribution in [2.45, 2.75) is 0 Å². The second-order valence-corrected chi connectivity index (χ2v) is 4.14. The van der Waals surface area contributed by atoms with E-state index in [1.165, 1.54) is 6.07 Å². The largest absolute Gasteiger partial charge is 0.478 e. The Labute approximate surface area is 106 Å². The number of carboxylic acid groups (broad SMARTS) is 1. The summed E-state index contributed by atoms with van der Waals surface area (Å²) in [5.74, 6) is -1.38. The number of rotatable bonds is 2. The van der Waals surface area contributed by atoms with Crippen molar-refractivity contribution < 1.29 is 14.3 Å². The minimum absolute atomic E-state index is 0.165. The number of halogens is 1. The van der Waals surface area contributed by atoms with Gasteiger partial charge in [0.25, 0.3) is 0 Å². The van der Waals surface area contributed by atoms with Crippen LogP contribution < -0.4 is 0 Å². The highest BCUT2D eigenvalue weighted by molar-refractivity contribution is 6.01. The highest BCUT2D eigenvalue weighted by Gasteiger charge is 2.16. The zero-order chi connectivity index (χ0) is 13.6. The molecular weight excluding hydrogens is 251 g/mol. The zero-order valence-corrected chi connectivity index (χ0v) is 9.88. The van der Waals surface area contributed by atoms with Crippen molar-refractivity contribution in [3.8, 4) is 11.4 Å². The lowest BCUT2D eigenvalue weighted by atomic mass is 10.2. The number of nitrogens with one attached hydrogen (secondary N) is 1. The molecule has 1 aromatic carbocycles. The Balaban J connectivity index is 2.25. The van der Waals surface area contributed by atoms with Gasteiger partial charge in [0.1, 0.15) is 17.2 Å².